The van der Waals surface area contributed by atoms with Crippen molar-refractivity contribution in [2.45, 2.75) is 32.8 Å². The minimum Gasteiger partial charge on any atom is -0.492 e. The van der Waals surface area contributed by atoms with Crippen molar-refractivity contribution in [3.63, 3.8) is 0 Å². The van der Waals surface area contributed by atoms with E-state index in [0.717, 1.165) is 5.69 Å². The van der Waals surface area contributed by atoms with Gasteiger partial charge >= 0.3 is 5.97 Å². The highest BCUT2D eigenvalue weighted by molar-refractivity contribution is 6.43. The van der Waals surface area contributed by atoms with Crippen molar-refractivity contribution in [2.75, 3.05) is 36.5 Å². The zero-order chi connectivity index (χ0) is 24.2. The van der Waals surface area contributed by atoms with Crippen LogP contribution in [0, 0.1) is 0 Å². The van der Waals surface area contributed by atoms with Gasteiger partial charge < -0.3 is 24.8 Å². The molecule has 0 unspecified atom stereocenters. The van der Waals surface area contributed by atoms with Gasteiger partial charge in [-0.25, -0.2) is 4.79 Å². The van der Waals surface area contributed by atoms with Crippen LogP contribution in [0.5, 0.6) is 5.75 Å². The second-order valence-electron chi connectivity index (χ2n) is 7.98. The molecule has 4 rings (SSSR count). The van der Waals surface area contributed by atoms with Gasteiger partial charge in [-0.1, -0.05) is 29.3 Å². The predicted molar refractivity (Wildman–Crippen MR) is 136 cm³/mol. The van der Waals surface area contributed by atoms with Crippen molar-refractivity contribution < 1.29 is 19.4 Å². The number of carbonyl (C=O) groups is 1. The number of pyridine rings is 1. The van der Waals surface area contributed by atoms with Crippen LogP contribution in [0.15, 0.2) is 36.5 Å². The summed E-state index contributed by atoms with van der Waals surface area (Å²) in [5, 5.41) is 14.7. The van der Waals surface area contributed by atoms with Gasteiger partial charge in [0.2, 0.25) is 0 Å². The number of nitrogens with one attached hydrogen (secondary N) is 1. The Morgan fingerprint density at radius 3 is 2.68 bits per heavy atom. The van der Waals surface area contributed by atoms with E-state index < -0.39 is 5.97 Å². The van der Waals surface area contributed by atoms with Gasteiger partial charge in [-0.15, -0.1) is 0 Å². The molecule has 1 aromatic heterocycles. The lowest BCUT2D eigenvalue weighted by Gasteiger charge is -2.33. The molecule has 34 heavy (non-hydrogen) atoms. The average Bonchev–Trinajstić information content (AvgIpc) is 2.82. The third kappa shape index (κ3) is 5.02. The Hall–Kier alpha value is -2.74. The Bertz CT molecular complexity index is 1200. The van der Waals surface area contributed by atoms with Crippen LogP contribution in [0.4, 0.5) is 17.1 Å². The van der Waals surface area contributed by atoms with E-state index in [-0.39, 0.29) is 18.3 Å². The molecule has 2 N–H and O–H groups in total. The molecule has 1 fully saturated rings. The lowest BCUT2D eigenvalue weighted by molar-refractivity contribution is 0.0527. The maximum atomic E-state index is 12.8. The normalized spacial score (nSPS) is 14.3. The molecular formula is C25H27Cl2N3O4. The molecule has 2 heterocycles. The summed E-state index contributed by atoms with van der Waals surface area (Å²) in [5.41, 5.74) is 2.90. The summed E-state index contributed by atoms with van der Waals surface area (Å²) >= 11 is 12.7. The summed E-state index contributed by atoms with van der Waals surface area (Å²) in [7, 11) is 0. The molecule has 0 bridgehead atoms. The van der Waals surface area contributed by atoms with Crippen LogP contribution in [-0.2, 0) is 4.74 Å². The Balaban J connectivity index is 1.90. The smallest absolute Gasteiger partial charge is 0.341 e. The number of ether oxygens (including phenoxy) is 2. The monoisotopic (exact) mass is 503 g/mol. The largest absolute Gasteiger partial charge is 0.492 e. The van der Waals surface area contributed by atoms with E-state index in [4.69, 9.17) is 32.7 Å². The lowest BCUT2D eigenvalue weighted by Crippen LogP contribution is -2.36. The van der Waals surface area contributed by atoms with Gasteiger partial charge in [-0.05, 0) is 44.9 Å². The van der Waals surface area contributed by atoms with E-state index in [2.05, 4.69) is 15.2 Å². The van der Waals surface area contributed by atoms with Crippen LogP contribution in [0.1, 0.15) is 37.0 Å². The molecule has 7 nitrogen and oxygen atoms in total. The molecule has 0 aliphatic carbocycles. The summed E-state index contributed by atoms with van der Waals surface area (Å²) in [6.07, 6.45) is 2.54. The molecule has 2 aromatic carbocycles. The third-order valence-corrected chi connectivity index (χ3v) is 6.58. The topological polar surface area (TPSA) is 83.9 Å². The molecule has 1 saturated heterocycles. The number of fused-ring (bicyclic) bond motifs is 1. The second kappa shape index (κ2) is 10.7. The first kappa shape index (κ1) is 24.4. The number of halogens is 2. The van der Waals surface area contributed by atoms with E-state index in [9.17, 15) is 9.90 Å². The van der Waals surface area contributed by atoms with E-state index in [1.54, 1.807) is 25.1 Å². The minimum absolute atomic E-state index is 0.235. The van der Waals surface area contributed by atoms with Gasteiger partial charge in [0.1, 0.15) is 11.3 Å². The number of hydrogen-bond acceptors (Lipinski definition) is 7. The Kier molecular flexibility index (Phi) is 7.66. The molecule has 0 amide bonds. The number of aromatic nitrogens is 1. The van der Waals surface area contributed by atoms with Gasteiger partial charge in [0.25, 0.3) is 0 Å². The van der Waals surface area contributed by atoms with Crippen LogP contribution in [0.2, 0.25) is 10.0 Å². The first-order chi connectivity index (χ1) is 16.4. The average molecular weight is 504 g/mol. The van der Waals surface area contributed by atoms with Crippen molar-refractivity contribution in [3.05, 3.63) is 52.1 Å². The number of piperidine rings is 1. The highest BCUT2D eigenvalue weighted by atomic mass is 35.5. The quantitative estimate of drug-likeness (QED) is 0.392. The molecule has 0 spiro atoms. The maximum Gasteiger partial charge on any atom is 0.341 e. The highest BCUT2D eigenvalue weighted by Gasteiger charge is 2.24. The van der Waals surface area contributed by atoms with E-state index in [0.29, 0.717) is 70.6 Å². The summed E-state index contributed by atoms with van der Waals surface area (Å²) in [4.78, 5) is 19.5. The standard InChI is InChI=1S/C25H27Cl2N3O4/c1-3-33-22-13-20-16(12-21(22)30-10-8-15(31)9-11-30)24(17(14-28-20)25(32)34-4-2)29-19-7-5-6-18(26)23(19)27/h5-7,12-15,31H,3-4,8-11H2,1-2H3,(H,28,29). The molecule has 1 aliphatic heterocycles. The number of aliphatic hydroxyl groups excluding tert-OH is 1. The fourth-order valence-corrected chi connectivity index (χ4v) is 4.41. The zero-order valence-corrected chi connectivity index (χ0v) is 20.6. The Morgan fingerprint density at radius 1 is 1.21 bits per heavy atom. The molecule has 0 radical (unpaired) electrons. The summed E-state index contributed by atoms with van der Waals surface area (Å²) in [6.45, 7) is 5.81. The Morgan fingerprint density at radius 2 is 1.97 bits per heavy atom. The van der Waals surface area contributed by atoms with Crippen molar-refractivity contribution in [3.8, 4) is 5.75 Å². The molecule has 0 atom stereocenters. The molecule has 0 saturated carbocycles. The SMILES string of the molecule is CCOC(=O)c1cnc2cc(OCC)c(N3CCC(O)CC3)cc2c1Nc1cccc(Cl)c1Cl. The van der Waals surface area contributed by atoms with Gasteiger partial charge in [0, 0.05) is 30.7 Å². The van der Waals surface area contributed by atoms with Crippen LogP contribution in [0.3, 0.4) is 0 Å². The van der Waals surface area contributed by atoms with Gasteiger partial charge in [0.05, 0.1) is 51.9 Å². The number of nitrogens with zero attached hydrogens (tertiary/aromatic N) is 2. The zero-order valence-electron chi connectivity index (χ0n) is 19.1. The predicted octanol–water partition coefficient (Wildman–Crippen LogP) is 5.82. The van der Waals surface area contributed by atoms with E-state index >= 15 is 0 Å². The third-order valence-electron chi connectivity index (χ3n) is 5.76. The van der Waals surface area contributed by atoms with Crippen LogP contribution >= 0.6 is 23.2 Å². The molecule has 3 aromatic rings. The fourth-order valence-electron chi connectivity index (χ4n) is 4.07. The molecule has 1 aliphatic rings. The number of rotatable bonds is 7. The second-order valence-corrected chi connectivity index (χ2v) is 8.77. The minimum atomic E-state index is -0.492. The lowest BCUT2D eigenvalue weighted by atomic mass is 10.0. The van der Waals surface area contributed by atoms with Gasteiger partial charge in [-0.2, -0.15) is 0 Å². The van der Waals surface area contributed by atoms with E-state index in [1.165, 1.54) is 6.20 Å². The van der Waals surface area contributed by atoms with Crippen molar-refractivity contribution in [1.29, 1.82) is 0 Å². The number of benzene rings is 2. The first-order valence-electron chi connectivity index (χ1n) is 11.3. The number of esters is 1. The fraction of sp³-hybridized carbons (Fsp3) is 0.360. The van der Waals surface area contributed by atoms with Crippen molar-refractivity contribution >= 4 is 57.1 Å². The molecule has 9 heteroatoms. The summed E-state index contributed by atoms with van der Waals surface area (Å²) in [6, 6.07) is 9.11. The Labute approximate surface area is 208 Å². The number of carbonyl (C=O) groups excluding carboxylic acids is 1. The highest BCUT2D eigenvalue weighted by Crippen LogP contribution is 2.40. The van der Waals surface area contributed by atoms with Crippen molar-refractivity contribution in [2.24, 2.45) is 0 Å². The first-order valence-corrected chi connectivity index (χ1v) is 12.1. The summed E-state index contributed by atoms with van der Waals surface area (Å²) < 4.78 is 11.2. The number of aliphatic hydroxyl groups is 1. The van der Waals surface area contributed by atoms with Crippen LogP contribution < -0.4 is 15.0 Å². The molecule has 180 valence electrons. The van der Waals surface area contributed by atoms with Crippen molar-refractivity contribution in [1.82, 2.24) is 4.98 Å². The molecular weight excluding hydrogens is 477 g/mol. The van der Waals surface area contributed by atoms with Gasteiger partial charge in [0.15, 0.2) is 0 Å². The number of anilines is 3. The maximum absolute atomic E-state index is 12.8. The van der Waals surface area contributed by atoms with Crippen LogP contribution in [0.25, 0.3) is 10.9 Å². The van der Waals surface area contributed by atoms with Gasteiger partial charge in [-0.3, -0.25) is 4.98 Å². The van der Waals surface area contributed by atoms with E-state index in [1.807, 2.05) is 19.1 Å². The summed E-state index contributed by atoms with van der Waals surface area (Å²) in [5.74, 6) is 0.212. The number of hydrogen-bond donors (Lipinski definition) is 2. The van der Waals surface area contributed by atoms with Crippen LogP contribution in [-0.4, -0.2) is 48.5 Å².